The van der Waals surface area contributed by atoms with Crippen molar-refractivity contribution in [3.05, 3.63) is 23.8 Å². The molecule has 0 amide bonds. The van der Waals surface area contributed by atoms with Crippen LogP contribution in [0.15, 0.2) is 18.2 Å². The van der Waals surface area contributed by atoms with Crippen LogP contribution in [0, 0.1) is 6.92 Å². The van der Waals surface area contributed by atoms with Crippen LogP contribution in [0.3, 0.4) is 0 Å². The van der Waals surface area contributed by atoms with Gasteiger partial charge in [0.2, 0.25) is 0 Å². The fraction of sp³-hybridized carbons (Fsp3) is 0.600. The van der Waals surface area contributed by atoms with Crippen LogP contribution < -0.4 is 10.0 Å². The third kappa shape index (κ3) is 6.19. The van der Waals surface area contributed by atoms with Crippen LogP contribution in [0.1, 0.15) is 19.4 Å². The van der Waals surface area contributed by atoms with E-state index in [0.29, 0.717) is 6.73 Å². The Bertz CT molecular complexity index is 381. The topological polar surface area (TPSA) is 30.9 Å². The van der Waals surface area contributed by atoms with Crippen molar-refractivity contribution in [1.82, 2.24) is 4.90 Å². The van der Waals surface area contributed by atoms with E-state index in [2.05, 4.69) is 21.1 Å². The van der Waals surface area contributed by atoms with E-state index in [1.54, 1.807) is 0 Å². The molecular weight excluding hydrogens is 273 g/mol. The van der Waals surface area contributed by atoms with Crippen LogP contribution in [-0.2, 0) is 9.47 Å². The number of rotatable bonds is 5. The molecule has 2 rings (SSSR count). The monoisotopic (exact) mass is 299 g/mol. The van der Waals surface area contributed by atoms with E-state index in [9.17, 15) is 0 Å². The molecule has 0 spiro atoms. The normalized spacial score (nSPS) is 15.4. The number of nitrogens with zero attached hydrogens (tertiary/aromatic N) is 1. The largest absolute Gasteiger partial charge is 0.467 e. The van der Waals surface area contributed by atoms with Crippen LogP contribution in [0.5, 0.6) is 5.75 Å². The Kier molecular flexibility index (Phi) is 8.79. The van der Waals surface area contributed by atoms with Crippen LogP contribution in [0.2, 0.25) is 0 Å². The quantitative estimate of drug-likeness (QED) is 0.474. The van der Waals surface area contributed by atoms with Gasteiger partial charge in [-0.15, -0.1) is 9.24 Å². The van der Waals surface area contributed by atoms with Gasteiger partial charge < -0.3 is 14.2 Å². The molecule has 0 bridgehead atoms. The summed E-state index contributed by atoms with van der Waals surface area (Å²) < 4.78 is 16.3. The second-order valence-electron chi connectivity index (χ2n) is 4.34. The molecule has 114 valence electrons. The fourth-order valence-corrected chi connectivity index (χ4v) is 1.98. The van der Waals surface area contributed by atoms with Gasteiger partial charge in [-0.2, -0.15) is 0 Å². The second kappa shape index (κ2) is 10.1. The predicted octanol–water partition coefficient (Wildman–Crippen LogP) is 2.16. The van der Waals surface area contributed by atoms with E-state index in [-0.39, 0.29) is 6.79 Å². The molecule has 0 radical (unpaired) electrons. The highest BCUT2D eigenvalue weighted by molar-refractivity contribution is 7.27. The molecule has 1 saturated heterocycles. The van der Waals surface area contributed by atoms with E-state index in [1.807, 2.05) is 32.0 Å². The van der Waals surface area contributed by atoms with Crippen molar-refractivity contribution in [2.45, 2.75) is 20.8 Å². The van der Waals surface area contributed by atoms with Crippen molar-refractivity contribution >= 4 is 14.5 Å². The van der Waals surface area contributed by atoms with Gasteiger partial charge in [0.1, 0.15) is 12.5 Å². The Morgan fingerprint density at radius 3 is 2.60 bits per heavy atom. The standard InChI is InChI=1S/C13H20NO3P.C2H6/c1-11-2-3-12(8-13(11)18)17-10-16-9-14-4-6-15-7-5-14;1-2/h2-3,8H,4-7,9-10,18H2,1H3;1-2H3. The number of benzene rings is 1. The van der Waals surface area contributed by atoms with E-state index in [1.165, 1.54) is 5.56 Å². The summed E-state index contributed by atoms with van der Waals surface area (Å²) in [6.45, 7) is 10.4. The van der Waals surface area contributed by atoms with Crippen molar-refractivity contribution in [3.63, 3.8) is 0 Å². The van der Waals surface area contributed by atoms with Crippen LogP contribution in [0.4, 0.5) is 0 Å². The van der Waals surface area contributed by atoms with Crippen molar-refractivity contribution in [2.24, 2.45) is 0 Å². The molecule has 1 fully saturated rings. The smallest absolute Gasteiger partial charge is 0.190 e. The summed E-state index contributed by atoms with van der Waals surface area (Å²) >= 11 is 0. The van der Waals surface area contributed by atoms with Gasteiger partial charge in [-0.1, -0.05) is 19.9 Å². The second-order valence-corrected chi connectivity index (χ2v) is 4.97. The molecule has 20 heavy (non-hydrogen) atoms. The number of hydrogen-bond donors (Lipinski definition) is 0. The number of aryl methyl sites for hydroxylation is 1. The van der Waals surface area contributed by atoms with E-state index in [0.717, 1.165) is 37.4 Å². The summed E-state index contributed by atoms with van der Waals surface area (Å²) in [6.07, 6.45) is 0. The zero-order chi connectivity index (χ0) is 14.8. The maximum atomic E-state index is 5.54. The van der Waals surface area contributed by atoms with E-state index < -0.39 is 0 Å². The first-order valence-electron chi connectivity index (χ1n) is 7.12. The van der Waals surface area contributed by atoms with Gasteiger partial charge in [-0.05, 0) is 29.9 Å². The molecule has 1 unspecified atom stereocenters. The van der Waals surface area contributed by atoms with Crippen LogP contribution >= 0.6 is 9.24 Å². The first-order valence-corrected chi connectivity index (χ1v) is 7.70. The molecule has 1 atom stereocenters. The molecule has 0 N–H and O–H groups in total. The fourth-order valence-electron chi connectivity index (χ4n) is 1.71. The molecule has 1 aromatic rings. The van der Waals surface area contributed by atoms with Gasteiger partial charge in [0.15, 0.2) is 6.79 Å². The molecule has 1 aromatic carbocycles. The van der Waals surface area contributed by atoms with E-state index in [4.69, 9.17) is 14.2 Å². The minimum Gasteiger partial charge on any atom is -0.467 e. The summed E-state index contributed by atoms with van der Waals surface area (Å²) in [5, 5.41) is 1.15. The lowest BCUT2D eigenvalue weighted by atomic mass is 10.2. The van der Waals surface area contributed by atoms with Crippen LogP contribution in [0.25, 0.3) is 0 Å². The molecule has 0 aliphatic carbocycles. The number of hydrogen-bond acceptors (Lipinski definition) is 4. The van der Waals surface area contributed by atoms with Crippen molar-refractivity contribution in [1.29, 1.82) is 0 Å². The zero-order valence-corrected chi connectivity index (χ0v) is 13.9. The highest BCUT2D eigenvalue weighted by Crippen LogP contribution is 2.12. The van der Waals surface area contributed by atoms with Gasteiger partial charge >= 0.3 is 0 Å². The van der Waals surface area contributed by atoms with Crippen LogP contribution in [-0.4, -0.2) is 44.7 Å². The van der Waals surface area contributed by atoms with Crippen molar-refractivity contribution < 1.29 is 14.2 Å². The maximum Gasteiger partial charge on any atom is 0.190 e. The van der Waals surface area contributed by atoms with Gasteiger partial charge in [0, 0.05) is 13.1 Å². The average molecular weight is 299 g/mol. The Labute approximate surface area is 124 Å². The molecule has 4 nitrogen and oxygen atoms in total. The Morgan fingerprint density at radius 1 is 1.25 bits per heavy atom. The lowest BCUT2D eigenvalue weighted by Gasteiger charge is -2.26. The molecule has 5 heteroatoms. The summed E-state index contributed by atoms with van der Waals surface area (Å²) in [5.74, 6) is 0.840. The van der Waals surface area contributed by atoms with Gasteiger partial charge in [-0.25, -0.2) is 0 Å². The zero-order valence-electron chi connectivity index (χ0n) is 12.7. The Hall–Kier alpha value is -0.670. The lowest BCUT2D eigenvalue weighted by Crippen LogP contribution is -2.38. The first-order chi connectivity index (χ1) is 9.75. The highest BCUT2D eigenvalue weighted by Gasteiger charge is 2.09. The molecule has 1 aliphatic heterocycles. The molecule has 0 saturated carbocycles. The van der Waals surface area contributed by atoms with Gasteiger partial charge in [0.05, 0.1) is 13.2 Å². The Morgan fingerprint density at radius 2 is 1.95 bits per heavy atom. The average Bonchev–Trinajstić information content (AvgIpc) is 2.50. The first kappa shape index (κ1) is 17.4. The summed E-state index contributed by atoms with van der Waals surface area (Å²) in [6, 6.07) is 6.00. The lowest BCUT2D eigenvalue weighted by molar-refractivity contribution is -0.0710. The molecule has 1 heterocycles. The van der Waals surface area contributed by atoms with Crippen molar-refractivity contribution in [2.75, 3.05) is 39.8 Å². The molecular formula is C15H26NO3P. The number of ether oxygens (including phenoxy) is 3. The van der Waals surface area contributed by atoms with Crippen molar-refractivity contribution in [3.8, 4) is 5.75 Å². The minimum atomic E-state index is 0.282. The molecule has 1 aliphatic rings. The van der Waals surface area contributed by atoms with Gasteiger partial charge in [0.25, 0.3) is 0 Å². The predicted molar refractivity (Wildman–Crippen MR) is 85.7 cm³/mol. The van der Waals surface area contributed by atoms with Gasteiger partial charge in [-0.3, -0.25) is 4.90 Å². The minimum absolute atomic E-state index is 0.282. The third-order valence-corrected chi connectivity index (χ3v) is 3.56. The third-order valence-electron chi connectivity index (χ3n) is 2.94. The molecule has 0 aromatic heterocycles. The maximum absolute atomic E-state index is 5.54. The summed E-state index contributed by atoms with van der Waals surface area (Å²) in [7, 11) is 2.70. The Balaban J connectivity index is 0.000000956. The van der Waals surface area contributed by atoms with E-state index >= 15 is 0 Å². The number of morpholine rings is 1. The summed E-state index contributed by atoms with van der Waals surface area (Å²) in [5.41, 5.74) is 1.24. The SMILES string of the molecule is CC.Cc1ccc(OCOCN2CCOCC2)cc1P. The summed E-state index contributed by atoms with van der Waals surface area (Å²) in [4.78, 5) is 2.21. The highest BCUT2D eigenvalue weighted by atomic mass is 31.0.